The number of halogens is 1. The van der Waals surface area contributed by atoms with Gasteiger partial charge in [-0.25, -0.2) is 12.8 Å². The van der Waals surface area contributed by atoms with Gasteiger partial charge in [-0.2, -0.15) is 0 Å². The second-order valence-corrected chi connectivity index (χ2v) is 8.17. The number of sulfonamides is 1. The van der Waals surface area contributed by atoms with Crippen LogP contribution in [0.15, 0.2) is 53.4 Å². The molecule has 146 valence electrons. The highest BCUT2D eigenvalue weighted by molar-refractivity contribution is 7.92. The van der Waals surface area contributed by atoms with Crippen LogP contribution in [-0.2, 0) is 14.8 Å². The molecule has 0 saturated carbocycles. The van der Waals surface area contributed by atoms with Crippen molar-refractivity contribution in [3.05, 3.63) is 54.3 Å². The number of rotatable bonds is 8. The van der Waals surface area contributed by atoms with E-state index in [9.17, 15) is 17.6 Å². The topological polar surface area (TPSA) is 84.5 Å². The van der Waals surface area contributed by atoms with Crippen LogP contribution in [-0.4, -0.2) is 27.0 Å². The van der Waals surface area contributed by atoms with Crippen LogP contribution in [0.5, 0.6) is 5.75 Å². The summed E-state index contributed by atoms with van der Waals surface area (Å²) in [5.74, 6) is 0.0200. The average Bonchev–Trinajstić information content (AvgIpc) is 2.61. The van der Waals surface area contributed by atoms with Crippen molar-refractivity contribution < 1.29 is 22.3 Å². The Morgan fingerprint density at radius 2 is 1.63 bits per heavy atom. The fourth-order valence-corrected chi connectivity index (χ4v) is 3.19. The van der Waals surface area contributed by atoms with Crippen molar-refractivity contribution in [2.75, 3.05) is 11.3 Å². The summed E-state index contributed by atoms with van der Waals surface area (Å²) in [6.07, 6.45) is -0.705. The fourth-order valence-electron chi connectivity index (χ4n) is 2.14. The standard InChI is InChI=1S/C19H23FN2O4S/c1-13(2)12-21-19(23)14(3)26-17-8-10-18(11-9-17)27(24,25)22-16-6-4-15(20)5-7-16/h4-11,13-14,22H,12H2,1-3H3,(H,21,23)/t14-/m0/s1. The number of carbonyl (C=O) groups is 1. The van der Waals surface area contributed by atoms with Crippen LogP contribution in [0.25, 0.3) is 0 Å². The lowest BCUT2D eigenvalue weighted by molar-refractivity contribution is -0.127. The quantitative estimate of drug-likeness (QED) is 0.720. The van der Waals surface area contributed by atoms with Crippen molar-refractivity contribution in [3.63, 3.8) is 0 Å². The van der Waals surface area contributed by atoms with E-state index in [-0.39, 0.29) is 16.5 Å². The molecule has 0 bridgehead atoms. The number of hydrogen-bond donors (Lipinski definition) is 2. The lowest BCUT2D eigenvalue weighted by Crippen LogP contribution is -2.38. The normalized spacial score (nSPS) is 12.5. The van der Waals surface area contributed by atoms with Crippen LogP contribution in [0, 0.1) is 11.7 Å². The molecule has 8 heteroatoms. The van der Waals surface area contributed by atoms with Crippen molar-refractivity contribution >= 4 is 21.6 Å². The van der Waals surface area contributed by atoms with Gasteiger partial charge in [-0.3, -0.25) is 9.52 Å². The Hall–Kier alpha value is -2.61. The van der Waals surface area contributed by atoms with Gasteiger partial charge in [0.15, 0.2) is 6.10 Å². The number of carbonyl (C=O) groups excluding carboxylic acids is 1. The van der Waals surface area contributed by atoms with Crippen LogP contribution in [0.4, 0.5) is 10.1 Å². The van der Waals surface area contributed by atoms with Gasteiger partial charge in [-0.15, -0.1) is 0 Å². The van der Waals surface area contributed by atoms with Crippen LogP contribution in [0.1, 0.15) is 20.8 Å². The van der Waals surface area contributed by atoms with Gasteiger partial charge in [0.25, 0.3) is 15.9 Å². The number of nitrogens with one attached hydrogen (secondary N) is 2. The Morgan fingerprint density at radius 3 is 2.19 bits per heavy atom. The van der Waals surface area contributed by atoms with Crippen molar-refractivity contribution in [2.45, 2.75) is 31.8 Å². The Labute approximate surface area is 158 Å². The molecule has 0 radical (unpaired) electrons. The van der Waals surface area contributed by atoms with Crippen molar-refractivity contribution in [1.29, 1.82) is 0 Å². The molecule has 1 atom stereocenters. The van der Waals surface area contributed by atoms with Crippen molar-refractivity contribution in [2.24, 2.45) is 5.92 Å². The molecule has 27 heavy (non-hydrogen) atoms. The first-order valence-corrected chi connectivity index (χ1v) is 9.98. The summed E-state index contributed by atoms with van der Waals surface area (Å²) in [6, 6.07) is 10.7. The summed E-state index contributed by atoms with van der Waals surface area (Å²) in [6.45, 7) is 6.16. The van der Waals surface area contributed by atoms with Gasteiger partial charge in [-0.1, -0.05) is 13.8 Å². The lowest BCUT2D eigenvalue weighted by Gasteiger charge is -2.16. The number of ether oxygens (including phenoxy) is 1. The molecule has 1 amide bonds. The number of hydrogen-bond acceptors (Lipinski definition) is 4. The molecule has 2 aromatic carbocycles. The molecule has 0 unspecified atom stereocenters. The molecule has 0 fully saturated rings. The van der Waals surface area contributed by atoms with Crippen molar-refractivity contribution in [3.8, 4) is 5.75 Å². The Morgan fingerprint density at radius 1 is 1.04 bits per heavy atom. The molecule has 0 spiro atoms. The minimum absolute atomic E-state index is 0.0242. The number of benzene rings is 2. The molecular weight excluding hydrogens is 371 g/mol. The second kappa shape index (κ2) is 8.85. The predicted octanol–water partition coefficient (Wildman–Crippen LogP) is 3.17. The Kier molecular flexibility index (Phi) is 6.79. The van der Waals surface area contributed by atoms with Crippen LogP contribution >= 0.6 is 0 Å². The zero-order valence-electron chi connectivity index (χ0n) is 15.4. The summed E-state index contributed by atoms with van der Waals surface area (Å²) in [7, 11) is -3.81. The average molecular weight is 394 g/mol. The summed E-state index contributed by atoms with van der Waals surface area (Å²) in [4.78, 5) is 12.0. The number of anilines is 1. The van der Waals surface area contributed by atoms with Gasteiger partial charge in [0.05, 0.1) is 4.90 Å². The molecule has 0 aliphatic rings. The van der Waals surface area contributed by atoms with Crippen LogP contribution in [0.3, 0.4) is 0 Å². The van der Waals surface area contributed by atoms with Gasteiger partial charge in [0.1, 0.15) is 11.6 Å². The second-order valence-electron chi connectivity index (χ2n) is 6.48. The highest BCUT2D eigenvalue weighted by Gasteiger charge is 2.17. The summed E-state index contributed by atoms with van der Waals surface area (Å²) in [5.41, 5.74) is 0.257. The monoisotopic (exact) mass is 394 g/mol. The summed E-state index contributed by atoms with van der Waals surface area (Å²) in [5, 5.41) is 2.77. The van der Waals surface area contributed by atoms with E-state index in [4.69, 9.17) is 4.74 Å². The van der Waals surface area contributed by atoms with Gasteiger partial charge in [0.2, 0.25) is 0 Å². The predicted molar refractivity (Wildman–Crippen MR) is 102 cm³/mol. The lowest BCUT2D eigenvalue weighted by atomic mass is 10.2. The third-order valence-electron chi connectivity index (χ3n) is 3.60. The molecule has 0 aliphatic carbocycles. The highest BCUT2D eigenvalue weighted by atomic mass is 32.2. The van der Waals surface area contributed by atoms with E-state index in [1.165, 1.54) is 48.5 Å². The van der Waals surface area contributed by atoms with E-state index in [1.54, 1.807) is 6.92 Å². The van der Waals surface area contributed by atoms with E-state index in [0.29, 0.717) is 18.2 Å². The maximum atomic E-state index is 12.9. The van der Waals surface area contributed by atoms with E-state index in [0.717, 1.165) is 0 Å². The molecule has 0 saturated heterocycles. The Balaban J connectivity index is 2.01. The maximum Gasteiger partial charge on any atom is 0.261 e. The molecule has 2 rings (SSSR count). The third kappa shape index (κ3) is 6.25. The van der Waals surface area contributed by atoms with E-state index < -0.39 is 21.9 Å². The van der Waals surface area contributed by atoms with E-state index in [1.807, 2.05) is 13.8 Å². The first kappa shape index (κ1) is 20.7. The SMILES string of the molecule is CC(C)CNC(=O)[C@H](C)Oc1ccc(S(=O)(=O)Nc2ccc(F)cc2)cc1. The molecule has 2 N–H and O–H groups in total. The van der Waals surface area contributed by atoms with Gasteiger partial charge < -0.3 is 10.1 Å². The van der Waals surface area contributed by atoms with E-state index >= 15 is 0 Å². The zero-order valence-corrected chi connectivity index (χ0v) is 16.2. The largest absolute Gasteiger partial charge is 0.481 e. The minimum Gasteiger partial charge on any atom is -0.481 e. The molecule has 6 nitrogen and oxygen atoms in total. The van der Waals surface area contributed by atoms with Crippen molar-refractivity contribution in [1.82, 2.24) is 5.32 Å². The molecule has 0 heterocycles. The fraction of sp³-hybridized carbons (Fsp3) is 0.316. The minimum atomic E-state index is -3.81. The number of amides is 1. The summed E-state index contributed by atoms with van der Waals surface area (Å²) >= 11 is 0. The van der Waals surface area contributed by atoms with Crippen LogP contribution < -0.4 is 14.8 Å². The molecule has 0 aromatic heterocycles. The zero-order chi connectivity index (χ0) is 20.0. The molecule has 0 aliphatic heterocycles. The molecular formula is C19H23FN2O4S. The van der Waals surface area contributed by atoms with Gasteiger partial charge in [-0.05, 0) is 61.4 Å². The maximum absolute atomic E-state index is 12.9. The Bertz CT molecular complexity index is 866. The van der Waals surface area contributed by atoms with Crippen LogP contribution in [0.2, 0.25) is 0 Å². The molecule has 2 aromatic rings. The van der Waals surface area contributed by atoms with Gasteiger partial charge >= 0.3 is 0 Å². The first-order valence-electron chi connectivity index (χ1n) is 8.50. The highest BCUT2D eigenvalue weighted by Crippen LogP contribution is 2.20. The van der Waals surface area contributed by atoms with Gasteiger partial charge in [0, 0.05) is 12.2 Å². The first-order chi connectivity index (χ1) is 12.7. The third-order valence-corrected chi connectivity index (χ3v) is 4.99. The summed E-state index contributed by atoms with van der Waals surface area (Å²) < 4.78 is 45.6. The smallest absolute Gasteiger partial charge is 0.261 e. The van der Waals surface area contributed by atoms with E-state index in [2.05, 4.69) is 10.0 Å².